The van der Waals surface area contributed by atoms with Crippen LogP contribution in [0.5, 0.6) is 0 Å². The Morgan fingerprint density at radius 3 is 2.48 bits per heavy atom. The molecule has 0 aliphatic rings. The minimum Gasteiger partial charge on any atom is -0.302 e. The number of nitrogens with zero attached hydrogens (tertiary/aromatic N) is 2. The van der Waals surface area contributed by atoms with Gasteiger partial charge in [-0.3, -0.25) is 4.79 Å². The van der Waals surface area contributed by atoms with Crippen LogP contribution in [0.3, 0.4) is 0 Å². The highest BCUT2D eigenvalue weighted by Crippen LogP contribution is 2.26. The molecule has 3 aromatic rings. The van der Waals surface area contributed by atoms with Crippen LogP contribution in [0.1, 0.15) is 27.0 Å². The van der Waals surface area contributed by atoms with Crippen LogP contribution >= 0.6 is 0 Å². The van der Waals surface area contributed by atoms with Gasteiger partial charge in [0.1, 0.15) is 0 Å². The summed E-state index contributed by atoms with van der Waals surface area (Å²) in [5, 5.41) is 10.5. The molecule has 0 saturated heterocycles. The number of rotatable bonds is 3. The van der Waals surface area contributed by atoms with Gasteiger partial charge in [-0.1, -0.05) is 30.3 Å². The Hall–Kier alpha value is -2.95. The van der Waals surface area contributed by atoms with Gasteiger partial charge >= 0.3 is 0 Å². The molecule has 116 valence electrons. The number of benzene rings is 2. The maximum Gasteiger partial charge on any atom is 0.257 e. The van der Waals surface area contributed by atoms with Crippen molar-refractivity contribution in [2.24, 2.45) is 0 Å². The molecule has 1 heterocycles. The minimum atomic E-state index is -0.233. The number of carbonyl (C=O) groups excluding carboxylic acids is 1. The predicted molar refractivity (Wildman–Crippen MR) is 88.3 cm³/mol. The molecule has 1 amide bonds. The fourth-order valence-corrected chi connectivity index (χ4v) is 2.35. The summed E-state index contributed by atoms with van der Waals surface area (Å²) in [7, 11) is 0. The highest BCUT2D eigenvalue weighted by Gasteiger charge is 2.17. The molecule has 0 saturated carbocycles. The molecular weight excluding hydrogens is 290 g/mol. The summed E-state index contributed by atoms with van der Waals surface area (Å²) in [5.41, 5.74) is 5.21. The van der Waals surface area contributed by atoms with Crippen molar-refractivity contribution in [1.29, 1.82) is 0 Å². The largest absolute Gasteiger partial charge is 0.302 e. The Bertz CT molecular complexity index is 868. The Labute approximate surface area is 134 Å². The van der Waals surface area contributed by atoms with Crippen LogP contribution < -0.4 is 5.32 Å². The van der Waals surface area contributed by atoms with E-state index in [2.05, 4.69) is 15.6 Å². The summed E-state index contributed by atoms with van der Waals surface area (Å²) in [4.78, 5) is 12.4. The van der Waals surface area contributed by atoms with Crippen molar-refractivity contribution < 1.29 is 9.42 Å². The second-order valence-corrected chi connectivity index (χ2v) is 5.53. The maximum atomic E-state index is 12.4. The van der Waals surface area contributed by atoms with Gasteiger partial charge in [0.2, 0.25) is 5.82 Å². The minimum absolute atomic E-state index is 0.233. The van der Waals surface area contributed by atoms with Crippen molar-refractivity contribution in [3.8, 4) is 11.3 Å². The third kappa shape index (κ3) is 2.99. The molecule has 0 aliphatic heterocycles. The van der Waals surface area contributed by atoms with Gasteiger partial charge in [-0.05, 0) is 59.9 Å². The number of hydrogen-bond donors (Lipinski definition) is 1. The third-order valence-electron chi connectivity index (χ3n) is 3.89. The molecule has 0 radical (unpaired) electrons. The van der Waals surface area contributed by atoms with E-state index in [0.717, 1.165) is 16.7 Å². The first-order valence-corrected chi connectivity index (χ1v) is 7.33. The Balaban J connectivity index is 1.91. The zero-order valence-electron chi connectivity index (χ0n) is 13.3. The standard InChI is InChI=1S/C18H17N3O2/c1-11-8-9-14(10-13(11)3)16-17(21-23-20-16)19-18(22)15-7-5-4-6-12(15)2/h4-10H,1-3H3,(H,19,21,22). The molecule has 0 unspecified atom stereocenters. The predicted octanol–water partition coefficient (Wildman–Crippen LogP) is 3.91. The zero-order chi connectivity index (χ0) is 16.4. The Kier molecular flexibility index (Phi) is 3.93. The van der Waals surface area contributed by atoms with Crippen LogP contribution in [0, 0.1) is 20.8 Å². The smallest absolute Gasteiger partial charge is 0.257 e. The van der Waals surface area contributed by atoms with Crippen LogP contribution in [0.2, 0.25) is 0 Å². The van der Waals surface area contributed by atoms with Gasteiger partial charge in [0.05, 0.1) is 0 Å². The van der Waals surface area contributed by atoms with Gasteiger partial charge < -0.3 is 5.32 Å². The SMILES string of the molecule is Cc1ccc(-c2nonc2NC(=O)c2ccccc2C)cc1C. The molecule has 1 aromatic heterocycles. The van der Waals surface area contributed by atoms with E-state index in [1.165, 1.54) is 5.56 Å². The second kappa shape index (κ2) is 6.04. The molecule has 0 fully saturated rings. The lowest BCUT2D eigenvalue weighted by Crippen LogP contribution is -2.14. The summed E-state index contributed by atoms with van der Waals surface area (Å²) in [6.07, 6.45) is 0. The van der Waals surface area contributed by atoms with E-state index in [1.807, 2.05) is 57.2 Å². The van der Waals surface area contributed by atoms with Gasteiger partial charge in [-0.15, -0.1) is 0 Å². The van der Waals surface area contributed by atoms with Gasteiger partial charge in [-0.25, -0.2) is 4.63 Å². The van der Waals surface area contributed by atoms with Crippen molar-refractivity contribution in [3.05, 3.63) is 64.7 Å². The van der Waals surface area contributed by atoms with E-state index in [4.69, 9.17) is 4.63 Å². The zero-order valence-corrected chi connectivity index (χ0v) is 13.3. The van der Waals surface area contributed by atoms with Gasteiger partial charge in [0.25, 0.3) is 5.91 Å². The van der Waals surface area contributed by atoms with E-state index in [9.17, 15) is 4.79 Å². The van der Waals surface area contributed by atoms with Crippen molar-refractivity contribution in [2.75, 3.05) is 5.32 Å². The first kappa shape index (κ1) is 15.0. The van der Waals surface area contributed by atoms with Crippen LogP contribution in [-0.4, -0.2) is 16.2 Å². The number of aromatic nitrogens is 2. The molecule has 0 bridgehead atoms. The van der Waals surface area contributed by atoms with E-state index in [1.54, 1.807) is 6.07 Å². The van der Waals surface area contributed by atoms with Gasteiger partial charge in [-0.2, -0.15) is 0 Å². The monoisotopic (exact) mass is 307 g/mol. The van der Waals surface area contributed by atoms with E-state index >= 15 is 0 Å². The van der Waals surface area contributed by atoms with Crippen LogP contribution in [0.4, 0.5) is 5.82 Å². The molecular formula is C18H17N3O2. The van der Waals surface area contributed by atoms with Gasteiger partial charge in [0, 0.05) is 11.1 Å². The average molecular weight is 307 g/mol. The van der Waals surface area contributed by atoms with Crippen molar-refractivity contribution >= 4 is 11.7 Å². The molecule has 23 heavy (non-hydrogen) atoms. The summed E-state index contributed by atoms with van der Waals surface area (Å²) < 4.78 is 4.82. The lowest BCUT2D eigenvalue weighted by molar-refractivity contribution is 0.102. The van der Waals surface area contributed by atoms with Crippen molar-refractivity contribution in [2.45, 2.75) is 20.8 Å². The second-order valence-electron chi connectivity index (χ2n) is 5.53. The lowest BCUT2D eigenvalue weighted by Gasteiger charge is -2.07. The summed E-state index contributed by atoms with van der Waals surface area (Å²) in [6.45, 7) is 5.96. The van der Waals surface area contributed by atoms with E-state index < -0.39 is 0 Å². The highest BCUT2D eigenvalue weighted by molar-refractivity contribution is 6.06. The van der Waals surface area contributed by atoms with Crippen LogP contribution in [0.25, 0.3) is 11.3 Å². The fraction of sp³-hybridized carbons (Fsp3) is 0.167. The fourth-order valence-electron chi connectivity index (χ4n) is 2.35. The van der Waals surface area contributed by atoms with Crippen molar-refractivity contribution in [1.82, 2.24) is 10.3 Å². The lowest BCUT2D eigenvalue weighted by atomic mass is 10.0. The topological polar surface area (TPSA) is 68.0 Å². The van der Waals surface area contributed by atoms with Crippen LogP contribution in [0.15, 0.2) is 47.1 Å². The first-order valence-electron chi connectivity index (χ1n) is 7.33. The third-order valence-corrected chi connectivity index (χ3v) is 3.89. The number of amides is 1. The summed E-state index contributed by atoms with van der Waals surface area (Å²) in [6, 6.07) is 13.3. The van der Waals surface area contributed by atoms with Crippen LogP contribution in [-0.2, 0) is 0 Å². The Morgan fingerprint density at radius 2 is 1.74 bits per heavy atom. The first-order chi connectivity index (χ1) is 11.1. The molecule has 5 nitrogen and oxygen atoms in total. The van der Waals surface area contributed by atoms with Crippen molar-refractivity contribution in [3.63, 3.8) is 0 Å². The summed E-state index contributed by atoms with van der Waals surface area (Å²) >= 11 is 0. The highest BCUT2D eigenvalue weighted by atomic mass is 16.6. The Morgan fingerprint density at radius 1 is 0.957 bits per heavy atom. The number of hydrogen-bond acceptors (Lipinski definition) is 4. The molecule has 2 aromatic carbocycles. The molecule has 0 aliphatic carbocycles. The van der Waals surface area contributed by atoms with E-state index in [0.29, 0.717) is 17.1 Å². The summed E-state index contributed by atoms with van der Waals surface area (Å²) in [5.74, 6) is 0.0883. The number of nitrogens with one attached hydrogen (secondary N) is 1. The van der Waals surface area contributed by atoms with E-state index in [-0.39, 0.29) is 5.91 Å². The maximum absolute atomic E-state index is 12.4. The quantitative estimate of drug-likeness (QED) is 0.796. The molecule has 3 rings (SSSR count). The number of aryl methyl sites for hydroxylation is 3. The number of anilines is 1. The van der Waals surface area contributed by atoms with Gasteiger partial charge in [0.15, 0.2) is 5.69 Å². The molecule has 5 heteroatoms. The normalized spacial score (nSPS) is 10.6. The average Bonchev–Trinajstić information content (AvgIpc) is 2.98. The molecule has 0 atom stereocenters. The number of carbonyl (C=O) groups is 1. The molecule has 0 spiro atoms. The molecule has 1 N–H and O–H groups in total.